The lowest BCUT2D eigenvalue weighted by Gasteiger charge is -2.25. The average Bonchev–Trinajstić information content (AvgIpc) is 3.08. The number of thioether (sulfide) groups is 1. The second kappa shape index (κ2) is 8.86. The highest BCUT2D eigenvalue weighted by Crippen LogP contribution is 2.30. The maximum Gasteiger partial charge on any atom is 0.243 e. The number of rotatable bonds is 5. The fourth-order valence-electron chi connectivity index (χ4n) is 2.83. The SMILES string of the molecule is CC(N)CCNC(=O)C1CSCN1C(=O)C1CCCC1.Cl. The van der Waals surface area contributed by atoms with Crippen molar-refractivity contribution in [3.05, 3.63) is 0 Å². The number of carbonyl (C=O) groups is 2. The largest absolute Gasteiger partial charge is 0.354 e. The normalized spacial score (nSPS) is 23.7. The zero-order valence-electron chi connectivity index (χ0n) is 12.5. The Morgan fingerprint density at radius 1 is 1.38 bits per heavy atom. The third kappa shape index (κ3) is 5.04. The molecule has 122 valence electrons. The molecule has 0 radical (unpaired) electrons. The van der Waals surface area contributed by atoms with Crippen LogP contribution in [0.25, 0.3) is 0 Å². The van der Waals surface area contributed by atoms with E-state index in [1.165, 1.54) is 0 Å². The predicted molar refractivity (Wildman–Crippen MR) is 88.4 cm³/mol. The second-order valence-corrected chi connectivity index (χ2v) is 6.86. The predicted octanol–water partition coefficient (Wildman–Crippen LogP) is 1.35. The summed E-state index contributed by atoms with van der Waals surface area (Å²) in [7, 11) is 0. The van der Waals surface area contributed by atoms with Crippen LogP contribution in [0.3, 0.4) is 0 Å². The minimum absolute atomic E-state index is 0. The Morgan fingerprint density at radius 3 is 2.67 bits per heavy atom. The first kappa shape index (κ1) is 18.6. The molecule has 0 aromatic rings. The van der Waals surface area contributed by atoms with Gasteiger partial charge < -0.3 is 16.0 Å². The molecule has 0 aromatic carbocycles. The van der Waals surface area contributed by atoms with Crippen LogP contribution in [0.1, 0.15) is 39.0 Å². The number of nitrogens with zero attached hydrogens (tertiary/aromatic N) is 1. The maximum atomic E-state index is 12.5. The van der Waals surface area contributed by atoms with E-state index in [0.29, 0.717) is 18.2 Å². The van der Waals surface area contributed by atoms with Gasteiger partial charge in [0.05, 0.1) is 5.88 Å². The third-order valence-electron chi connectivity index (χ3n) is 4.07. The van der Waals surface area contributed by atoms with Crippen LogP contribution < -0.4 is 11.1 Å². The lowest BCUT2D eigenvalue weighted by Crippen LogP contribution is -2.49. The van der Waals surface area contributed by atoms with E-state index in [0.717, 1.165) is 32.1 Å². The van der Waals surface area contributed by atoms with Gasteiger partial charge in [-0.3, -0.25) is 9.59 Å². The lowest BCUT2D eigenvalue weighted by atomic mass is 10.1. The Balaban J connectivity index is 0.00000220. The lowest BCUT2D eigenvalue weighted by molar-refractivity contribution is -0.141. The minimum Gasteiger partial charge on any atom is -0.354 e. The Kier molecular flexibility index (Phi) is 7.84. The summed E-state index contributed by atoms with van der Waals surface area (Å²) in [6.07, 6.45) is 5.02. The fourth-order valence-corrected chi connectivity index (χ4v) is 3.99. The molecule has 1 aliphatic carbocycles. The highest BCUT2D eigenvalue weighted by Gasteiger charge is 2.38. The molecule has 21 heavy (non-hydrogen) atoms. The number of hydrogen-bond donors (Lipinski definition) is 2. The molecule has 1 aliphatic heterocycles. The molecule has 2 fully saturated rings. The monoisotopic (exact) mass is 335 g/mol. The molecule has 7 heteroatoms. The van der Waals surface area contributed by atoms with Gasteiger partial charge in [-0.05, 0) is 26.2 Å². The summed E-state index contributed by atoms with van der Waals surface area (Å²) in [4.78, 5) is 26.4. The van der Waals surface area contributed by atoms with E-state index in [1.54, 1.807) is 16.7 Å². The van der Waals surface area contributed by atoms with Crippen molar-refractivity contribution in [2.24, 2.45) is 11.7 Å². The number of nitrogens with two attached hydrogens (primary N) is 1. The topological polar surface area (TPSA) is 75.4 Å². The van der Waals surface area contributed by atoms with Gasteiger partial charge in [-0.1, -0.05) is 12.8 Å². The summed E-state index contributed by atoms with van der Waals surface area (Å²) in [6.45, 7) is 2.51. The van der Waals surface area contributed by atoms with Gasteiger partial charge in [0.2, 0.25) is 11.8 Å². The number of carbonyl (C=O) groups excluding carboxylic acids is 2. The molecule has 1 saturated heterocycles. The number of nitrogens with one attached hydrogen (secondary N) is 1. The zero-order chi connectivity index (χ0) is 14.5. The van der Waals surface area contributed by atoms with Crippen molar-refractivity contribution in [2.75, 3.05) is 18.2 Å². The molecule has 2 aliphatic rings. The number of amides is 2. The zero-order valence-corrected chi connectivity index (χ0v) is 14.2. The van der Waals surface area contributed by atoms with Crippen molar-refractivity contribution in [1.29, 1.82) is 0 Å². The van der Waals surface area contributed by atoms with Gasteiger partial charge in [-0.15, -0.1) is 24.2 Å². The summed E-state index contributed by atoms with van der Waals surface area (Å²) in [5.41, 5.74) is 5.67. The van der Waals surface area contributed by atoms with Crippen molar-refractivity contribution in [2.45, 2.75) is 51.1 Å². The highest BCUT2D eigenvalue weighted by molar-refractivity contribution is 7.99. The van der Waals surface area contributed by atoms with Gasteiger partial charge in [0.25, 0.3) is 0 Å². The standard InChI is InChI=1S/C14H25N3O2S.ClH/c1-10(15)6-7-16-13(18)12-8-20-9-17(12)14(19)11-4-2-3-5-11;/h10-12H,2-9,15H2,1H3,(H,16,18);1H. The van der Waals surface area contributed by atoms with E-state index in [9.17, 15) is 9.59 Å². The first-order valence-corrected chi connectivity index (χ1v) is 8.66. The van der Waals surface area contributed by atoms with Crippen LogP contribution >= 0.6 is 24.2 Å². The van der Waals surface area contributed by atoms with Crippen LogP contribution in [0, 0.1) is 5.92 Å². The van der Waals surface area contributed by atoms with E-state index < -0.39 is 0 Å². The Labute approximate surface area is 137 Å². The first-order chi connectivity index (χ1) is 9.59. The Hall–Kier alpha value is -0.460. The minimum atomic E-state index is -0.291. The van der Waals surface area contributed by atoms with E-state index in [-0.39, 0.29) is 42.2 Å². The van der Waals surface area contributed by atoms with Crippen molar-refractivity contribution >= 4 is 36.0 Å². The third-order valence-corrected chi connectivity index (χ3v) is 5.08. The number of halogens is 1. The van der Waals surface area contributed by atoms with Gasteiger partial charge in [0.1, 0.15) is 6.04 Å². The highest BCUT2D eigenvalue weighted by atomic mass is 35.5. The van der Waals surface area contributed by atoms with Gasteiger partial charge in [-0.2, -0.15) is 0 Å². The summed E-state index contributed by atoms with van der Waals surface area (Å²) in [6, 6.07) is -0.203. The van der Waals surface area contributed by atoms with Crippen molar-refractivity contribution < 1.29 is 9.59 Å². The van der Waals surface area contributed by atoms with Gasteiger partial charge in [-0.25, -0.2) is 0 Å². The Bertz CT molecular complexity index is 362. The van der Waals surface area contributed by atoms with Gasteiger partial charge in [0, 0.05) is 24.3 Å². The smallest absolute Gasteiger partial charge is 0.243 e. The first-order valence-electron chi connectivity index (χ1n) is 7.51. The molecule has 2 unspecified atom stereocenters. The molecule has 5 nitrogen and oxygen atoms in total. The van der Waals surface area contributed by atoms with Crippen molar-refractivity contribution in [3.63, 3.8) is 0 Å². The molecule has 0 aromatic heterocycles. The Morgan fingerprint density at radius 2 is 2.05 bits per heavy atom. The molecule has 0 bridgehead atoms. The van der Waals surface area contributed by atoms with E-state index in [1.807, 2.05) is 6.92 Å². The molecule has 1 heterocycles. The molecular weight excluding hydrogens is 310 g/mol. The maximum absolute atomic E-state index is 12.5. The molecule has 2 atom stereocenters. The van der Waals surface area contributed by atoms with E-state index >= 15 is 0 Å². The fraction of sp³-hybridized carbons (Fsp3) is 0.857. The molecule has 3 N–H and O–H groups in total. The van der Waals surface area contributed by atoms with Gasteiger partial charge >= 0.3 is 0 Å². The van der Waals surface area contributed by atoms with Crippen LogP contribution in [0.5, 0.6) is 0 Å². The van der Waals surface area contributed by atoms with Crippen LogP contribution in [0.4, 0.5) is 0 Å². The van der Waals surface area contributed by atoms with E-state index in [4.69, 9.17) is 5.73 Å². The van der Waals surface area contributed by atoms with Gasteiger partial charge in [0.15, 0.2) is 0 Å². The van der Waals surface area contributed by atoms with Crippen LogP contribution in [-0.2, 0) is 9.59 Å². The van der Waals surface area contributed by atoms with Crippen LogP contribution in [-0.4, -0.2) is 47.0 Å². The van der Waals surface area contributed by atoms with Crippen molar-refractivity contribution in [1.82, 2.24) is 10.2 Å². The number of hydrogen-bond acceptors (Lipinski definition) is 4. The second-order valence-electron chi connectivity index (χ2n) is 5.86. The molecular formula is C14H26ClN3O2S. The average molecular weight is 336 g/mol. The molecule has 1 saturated carbocycles. The van der Waals surface area contributed by atoms with E-state index in [2.05, 4.69) is 5.32 Å². The van der Waals surface area contributed by atoms with Crippen LogP contribution in [0.15, 0.2) is 0 Å². The van der Waals surface area contributed by atoms with Crippen LogP contribution in [0.2, 0.25) is 0 Å². The quantitative estimate of drug-likeness (QED) is 0.795. The summed E-state index contributed by atoms with van der Waals surface area (Å²) in [5.74, 6) is 1.67. The summed E-state index contributed by atoms with van der Waals surface area (Å²) >= 11 is 1.67. The summed E-state index contributed by atoms with van der Waals surface area (Å²) in [5, 5.41) is 2.91. The molecule has 2 amide bonds. The molecule has 0 spiro atoms. The van der Waals surface area contributed by atoms with Crippen molar-refractivity contribution in [3.8, 4) is 0 Å². The molecule has 2 rings (SSSR count). The summed E-state index contributed by atoms with van der Waals surface area (Å²) < 4.78 is 0.